The number of benzene rings is 1. The summed E-state index contributed by atoms with van der Waals surface area (Å²) < 4.78 is 6.41. The van der Waals surface area contributed by atoms with Gasteiger partial charge in [0.2, 0.25) is 5.91 Å². The van der Waals surface area contributed by atoms with Crippen LogP contribution in [-0.2, 0) is 9.53 Å². The maximum Gasteiger partial charge on any atom is 0.238 e. The van der Waals surface area contributed by atoms with Crippen LogP contribution in [0.5, 0.6) is 0 Å². The first-order valence-electron chi connectivity index (χ1n) is 6.92. The van der Waals surface area contributed by atoms with Crippen LogP contribution in [0.2, 0.25) is 0 Å². The SMILES string of the molecule is CC(C)COCCCNCC(=O)Nc1cccc(Br)c1. The molecule has 2 N–H and O–H groups in total. The quantitative estimate of drug-likeness (QED) is 0.678. The molecule has 0 unspecified atom stereocenters. The van der Waals surface area contributed by atoms with Gasteiger partial charge in [-0.1, -0.05) is 35.8 Å². The first-order valence-corrected chi connectivity index (χ1v) is 7.71. The number of anilines is 1. The van der Waals surface area contributed by atoms with Gasteiger partial charge in [-0.05, 0) is 37.1 Å². The highest BCUT2D eigenvalue weighted by atomic mass is 79.9. The average molecular weight is 343 g/mol. The number of amides is 1. The zero-order chi connectivity index (χ0) is 14.8. The lowest BCUT2D eigenvalue weighted by Gasteiger charge is -2.08. The van der Waals surface area contributed by atoms with Gasteiger partial charge in [-0.2, -0.15) is 0 Å². The molecule has 5 heteroatoms. The van der Waals surface area contributed by atoms with Crippen LogP contribution in [0.25, 0.3) is 0 Å². The van der Waals surface area contributed by atoms with Crippen molar-refractivity contribution in [3.63, 3.8) is 0 Å². The maximum atomic E-state index is 11.7. The third kappa shape index (κ3) is 8.30. The zero-order valence-electron chi connectivity index (χ0n) is 12.1. The molecular formula is C15H23BrN2O2. The van der Waals surface area contributed by atoms with Crippen molar-refractivity contribution in [1.82, 2.24) is 5.32 Å². The molecule has 0 aliphatic heterocycles. The summed E-state index contributed by atoms with van der Waals surface area (Å²) in [5.74, 6) is 0.533. The Hall–Kier alpha value is -0.910. The summed E-state index contributed by atoms with van der Waals surface area (Å²) in [4.78, 5) is 11.7. The van der Waals surface area contributed by atoms with Gasteiger partial charge in [-0.3, -0.25) is 4.79 Å². The lowest BCUT2D eigenvalue weighted by atomic mass is 10.2. The van der Waals surface area contributed by atoms with Crippen molar-refractivity contribution in [1.29, 1.82) is 0 Å². The molecule has 0 aromatic heterocycles. The van der Waals surface area contributed by atoms with Gasteiger partial charge < -0.3 is 15.4 Å². The second kappa shape index (κ2) is 9.91. The van der Waals surface area contributed by atoms with Crippen LogP contribution in [0, 0.1) is 5.92 Å². The van der Waals surface area contributed by atoms with E-state index in [1.165, 1.54) is 0 Å². The van der Waals surface area contributed by atoms with E-state index in [9.17, 15) is 4.79 Å². The number of hydrogen-bond acceptors (Lipinski definition) is 3. The first kappa shape index (κ1) is 17.1. The van der Waals surface area contributed by atoms with Crippen LogP contribution >= 0.6 is 15.9 Å². The normalized spacial score (nSPS) is 10.8. The molecule has 20 heavy (non-hydrogen) atoms. The molecule has 0 aliphatic rings. The van der Waals surface area contributed by atoms with E-state index >= 15 is 0 Å². The van der Waals surface area contributed by atoms with E-state index < -0.39 is 0 Å². The molecule has 0 spiro atoms. The van der Waals surface area contributed by atoms with Gasteiger partial charge in [-0.15, -0.1) is 0 Å². The molecule has 4 nitrogen and oxygen atoms in total. The third-order valence-corrected chi connectivity index (χ3v) is 2.98. The van der Waals surface area contributed by atoms with Crippen LogP contribution in [0.4, 0.5) is 5.69 Å². The van der Waals surface area contributed by atoms with Gasteiger partial charge in [0.15, 0.2) is 0 Å². The molecule has 0 atom stereocenters. The van der Waals surface area contributed by atoms with Crippen molar-refractivity contribution < 1.29 is 9.53 Å². The van der Waals surface area contributed by atoms with E-state index in [1.54, 1.807) is 0 Å². The highest BCUT2D eigenvalue weighted by molar-refractivity contribution is 9.10. The van der Waals surface area contributed by atoms with Gasteiger partial charge >= 0.3 is 0 Å². The van der Waals surface area contributed by atoms with E-state index in [4.69, 9.17) is 4.74 Å². The molecule has 0 bridgehead atoms. The van der Waals surface area contributed by atoms with Crippen LogP contribution in [0.3, 0.4) is 0 Å². The van der Waals surface area contributed by atoms with Crippen molar-refractivity contribution in [2.24, 2.45) is 5.92 Å². The second-order valence-corrected chi connectivity index (χ2v) is 5.97. The minimum absolute atomic E-state index is 0.0359. The van der Waals surface area contributed by atoms with Crippen molar-refractivity contribution in [2.75, 3.05) is 31.6 Å². The van der Waals surface area contributed by atoms with E-state index in [0.717, 1.165) is 36.3 Å². The van der Waals surface area contributed by atoms with Crippen LogP contribution in [0.1, 0.15) is 20.3 Å². The summed E-state index contributed by atoms with van der Waals surface area (Å²) in [6, 6.07) is 7.55. The Bertz CT molecular complexity index is 411. The highest BCUT2D eigenvalue weighted by Crippen LogP contribution is 2.15. The minimum Gasteiger partial charge on any atom is -0.381 e. The lowest BCUT2D eigenvalue weighted by Crippen LogP contribution is -2.29. The van der Waals surface area contributed by atoms with E-state index in [-0.39, 0.29) is 5.91 Å². The molecule has 0 radical (unpaired) electrons. The second-order valence-electron chi connectivity index (χ2n) is 5.06. The molecule has 0 heterocycles. The van der Waals surface area contributed by atoms with Crippen LogP contribution in [0.15, 0.2) is 28.7 Å². The Balaban J connectivity index is 2.06. The summed E-state index contributed by atoms with van der Waals surface area (Å²) in [6.07, 6.45) is 0.914. The van der Waals surface area contributed by atoms with Crippen LogP contribution in [-0.4, -0.2) is 32.2 Å². The topological polar surface area (TPSA) is 50.4 Å². The largest absolute Gasteiger partial charge is 0.381 e. The summed E-state index contributed by atoms with van der Waals surface area (Å²) in [7, 11) is 0. The molecule has 0 saturated carbocycles. The number of carbonyl (C=O) groups is 1. The summed E-state index contributed by atoms with van der Waals surface area (Å²) in [5, 5.41) is 5.94. The number of hydrogen-bond donors (Lipinski definition) is 2. The third-order valence-electron chi connectivity index (χ3n) is 2.49. The average Bonchev–Trinajstić information content (AvgIpc) is 2.37. The number of carbonyl (C=O) groups excluding carboxylic acids is 1. The summed E-state index contributed by atoms with van der Waals surface area (Å²) in [5.41, 5.74) is 0.798. The lowest BCUT2D eigenvalue weighted by molar-refractivity contribution is -0.115. The fraction of sp³-hybridized carbons (Fsp3) is 0.533. The minimum atomic E-state index is -0.0359. The monoisotopic (exact) mass is 342 g/mol. The summed E-state index contributed by atoms with van der Waals surface area (Å²) >= 11 is 3.37. The van der Waals surface area contributed by atoms with Crippen molar-refractivity contribution in [3.8, 4) is 0 Å². The Labute approximate surface area is 129 Å². The smallest absolute Gasteiger partial charge is 0.238 e. The molecule has 1 aromatic carbocycles. The fourth-order valence-corrected chi connectivity index (χ4v) is 1.99. The predicted octanol–water partition coefficient (Wildman–Crippen LogP) is 3.04. The number of rotatable bonds is 9. The molecule has 1 aromatic rings. The van der Waals surface area contributed by atoms with Gasteiger partial charge in [-0.25, -0.2) is 0 Å². The Morgan fingerprint density at radius 1 is 1.40 bits per heavy atom. The predicted molar refractivity (Wildman–Crippen MR) is 85.9 cm³/mol. The standard InChI is InChI=1S/C15H23BrN2O2/c1-12(2)11-20-8-4-7-17-10-15(19)18-14-6-3-5-13(16)9-14/h3,5-6,9,12,17H,4,7-8,10-11H2,1-2H3,(H,18,19). The summed E-state index contributed by atoms with van der Waals surface area (Å²) in [6.45, 7) is 6.89. The Kier molecular flexibility index (Phi) is 8.49. The Morgan fingerprint density at radius 2 is 2.20 bits per heavy atom. The van der Waals surface area contributed by atoms with E-state index in [0.29, 0.717) is 12.5 Å². The van der Waals surface area contributed by atoms with E-state index in [2.05, 4.69) is 40.4 Å². The van der Waals surface area contributed by atoms with Crippen molar-refractivity contribution >= 4 is 27.5 Å². The van der Waals surface area contributed by atoms with Crippen LogP contribution < -0.4 is 10.6 Å². The number of halogens is 1. The molecule has 0 aliphatic carbocycles. The number of nitrogens with one attached hydrogen (secondary N) is 2. The molecule has 0 fully saturated rings. The number of ether oxygens (including phenoxy) is 1. The van der Waals surface area contributed by atoms with E-state index in [1.807, 2.05) is 24.3 Å². The molecule has 112 valence electrons. The van der Waals surface area contributed by atoms with Gasteiger partial charge in [0.25, 0.3) is 0 Å². The van der Waals surface area contributed by atoms with Gasteiger partial charge in [0.05, 0.1) is 6.54 Å². The highest BCUT2D eigenvalue weighted by Gasteiger charge is 2.02. The molecular weight excluding hydrogens is 320 g/mol. The molecule has 1 amide bonds. The van der Waals surface area contributed by atoms with Gasteiger partial charge in [0, 0.05) is 23.4 Å². The zero-order valence-corrected chi connectivity index (χ0v) is 13.7. The van der Waals surface area contributed by atoms with Gasteiger partial charge in [0.1, 0.15) is 0 Å². The first-order chi connectivity index (χ1) is 9.58. The maximum absolute atomic E-state index is 11.7. The van der Waals surface area contributed by atoms with Crippen molar-refractivity contribution in [3.05, 3.63) is 28.7 Å². The molecule has 1 rings (SSSR count). The fourth-order valence-electron chi connectivity index (χ4n) is 1.59. The molecule has 0 saturated heterocycles. The van der Waals surface area contributed by atoms with Crippen molar-refractivity contribution in [2.45, 2.75) is 20.3 Å². The Morgan fingerprint density at radius 3 is 2.90 bits per heavy atom.